The molecule has 0 fully saturated rings. The fourth-order valence-corrected chi connectivity index (χ4v) is 2.65. The van der Waals surface area contributed by atoms with Gasteiger partial charge in [-0.25, -0.2) is 4.79 Å². The molecular formula is C15H32N2O2S. The Morgan fingerprint density at radius 1 is 1.25 bits per heavy atom. The van der Waals surface area contributed by atoms with Crippen molar-refractivity contribution >= 4 is 17.9 Å². The maximum atomic E-state index is 11.6. The van der Waals surface area contributed by atoms with Gasteiger partial charge in [-0.3, -0.25) is 0 Å². The van der Waals surface area contributed by atoms with Crippen molar-refractivity contribution in [2.45, 2.75) is 70.8 Å². The van der Waals surface area contributed by atoms with Crippen molar-refractivity contribution < 1.29 is 9.53 Å². The van der Waals surface area contributed by atoms with Gasteiger partial charge in [0.05, 0.1) is 0 Å². The van der Waals surface area contributed by atoms with Crippen LogP contribution in [-0.4, -0.2) is 41.8 Å². The molecule has 0 saturated carbocycles. The predicted molar refractivity (Wildman–Crippen MR) is 88.5 cm³/mol. The number of rotatable bonds is 8. The zero-order valence-corrected chi connectivity index (χ0v) is 14.9. The lowest BCUT2D eigenvalue weighted by Crippen LogP contribution is -2.46. The average molecular weight is 304 g/mol. The van der Waals surface area contributed by atoms with Crippen molar-refractivity contribution in [3.63, 3.8) is 0 Å². The summed E-state index contributed by atoms with van der Waals surface area (Å²) in [5, 5.41) is 6.30. The van der Waals surface area contributed by atoms with E-state index in [9.17, 15) is 4.79 Å². The van der Waals surface area contributed by atoms with Gasteiger partial charge in [0.2, 0.25) is 0 Å². The molecule has 2 N–H and O–H groups in total. The van der Waals surface area contributed by atoms with Crippen LogP contribution < -0.4 is 10.6 Å². The summed E-state index contributed by atoms with van der Waals surface area (Å²) in [6.07, 6.45) is 4.10. The van der Waals surface area contributed by atoms with E-state index in [0.717, 1.165) is 19.4 Å². The van der Waals surface area contributed by atoms with E-state index < -0.39 is 5.60 Å². The molecule has 0 saturated heterocycles. The van der Waals surface area contributed by atoms with Gasteiger partial charge in [0.15, 0.2) is 0 Å². The van der Waals surface area contributed by atoms with Crippen molar-refractivity contribution in [3.05, 3.63) is 0 Å². The number of carbonyl (C=O) groups is 1. The molecule has 20 heavy (non-hydrogen) atoms. The molecule has 0 aromatic rings. The van der Waals surface area contributed by atoms with Crippen molar-refractivity contribution in [2.24, 2.45) is 0 Å². The summed E-state index contributed by atoms with van der Waals surface area (Å²) in [4.78, 5) is 11.6. The van der Waals surface area contributed by atoms with Crippen LogP contribution in [0.25, 0.3) is 0 Å². The molecular weight excluding hydrogens is 272 g/mol. The predicted octanol–water partition coefficient (Wildman–Crippen LogP) is 3.41. The van der Waals surface area contributed by atoms with Gasteiger partial charge in [0.1, 0.15) is 5.60 Å². The highest BCUT2D eigenvalue weighted by Gasteiger charge is 2.25. The lowest BCUT2D eigenvalue weighted by molar-refractivity contribution is 0.0523. The Hall–Kier alpha value is -0.420. The molecule has 0 radical (unpaired) electrons. The van der Waals surface area contributed by atoms with E-state index in [0.29, 0.717) is 11.3 Å². The van der Waals surface area contributed by atoms with E-state index in [1.165, 1.54) is 0 Å². The Morgan fingerprint density at radius 3 is 2.20 bits per heavy atom. The SMILES string of the molecule is CCC(CC)(CNC(C)CNC(=O)OC(C)(C)C)SC. The van der Waals surface area contributed by atoms with Crippen molar-refractivity contribution in [2.75, 3.05) is 19.3 Å². The van der Waals surface area contributed by atoms with Crippen LogP contribution in [-0.2, 0) is 4.74 Å². The standard InChI is InChI=1S/C15H32N2O2S/c1-8-15(9-2,20-7)11-17-12(3)10-16-13(18)19-14(4,5)6/h12,17H,8-11H2,1-7H3,(H,16,18). The number of alkyl carbamates (subject to hydrolysis) is 1. The lowest BCUT2D eigenvalue weighted by Gasteiger charge is -2.31. The molecule has 0 aliphatic carbocycles. The fraction of sp³-hybridized carbons (Fsp3) is 0.933. The van der Waals surface area contributed by atoms with E-state index in [-0.39, 0.29) is 12.1 Å². The molecule has 1 amide bonds. The molecule has 5 heteroatoms. The number of nitrogens with one attached hydrogen (secondary N) is 2. The van der Waals surface area contributed by atoms with Crippen LogP contribution in [0.15, 0.2) is 0 Å². The van der Waals surface area contributed by atoms with Gasteiger partial charge in [-0.15, -0.1) is 0 Å². The van der Waals surface area contributed by atoms with Gasteiger partial charge in [-0.05, 0) is 46.8 Å². The molecule has 120 valence electrons. The Kier molecular flexibility index (Phi) is 8.59. The first-order valence-electron chi connectivity index (χ1n) is 7.43. The Bertz CT molecular complexity index is 278. The zero-order valence-electron chi connectivity index (χ0n) is 14.1. The van der Waals surface area contributed by atoms with Crippen LogP contribution in [0.3, 0.4) is 0 Å². The highest BCUT2D eigenvalue weighted by molar-refractivity contribution is 8.00. The molecule has 0 aliphatic heterocycles. The van der Waals surface area contributed by atoms with Gasteiger partial charge < -0.3 is 15.4 Å². The highest BCUT2D eigenvalue weighted by Crippen LogP contribution is 2.29. The summed E-state index contributed by atoms with van der Waals surface area (Å²) >= 11 is 1.92. The van der Waals surface area contributed by atoms with Gasteiger partial charge in [-0.1, -0.05) is 13.8 Å². The van der Waals surface area contributed by atoms with E-state index in [4.69, 9.17) is 4.74 Å². The van der Waals surface area contributed by atoms with Crippen LogP contribution >= 0.6 is 11.8 Å². The average Bonchev–Trinajstić information content (AvgIpc) is 2.37. The lowest BCUT2D eigenvalue weighted by atomic mass is 10.0. The van der Waals surface area contributed by atoms with Gasteiger partial charge in [0, 0.05) is 23.9 Å². The number of amides is 1. The Balaban J connectivity index is 4.06. The molecule has 0 rings (SSSR count). The van der Waals surface area contributed by atoms with Crippen molar-refractivity contribution in [3.8, 4) is 0 Å². The minimum atomic E-state index is -0.445. The summed E-state index contributed by atoms with van der Waals surface area (Å²) in [6.45, 7) is 13.7. The molecule has 0 aromatic carbocycles. The molecule has 4 nitrogen and oxygen atoms in total. The maximum Gasteiger partial charge on any atom is 0.407 e. The molecule has 1 atom stereocenters. The van der Waals surface area contributed by atoms with E-state index in [1.54, 1.807) is 0 Å². The van der Waals surface area contributed by atoms with Crippen molar-refractivity contribution in [1.29, 1.82) is 0 Å². The number of thioether (sulfide) groups is 1. The third-order valence-electron chi connectivity index (χ3n) is 3.45. The second kappa shape index (κ2) is 8.78. The topological polar surface area (TPSA) is 50.4 Å². The largest absolute Gasteiger partial charge is 0.444 e. The monoisotopic (exact) mass is 304 g/mol. The van der Waals surface area contributed by atoms with Gasteiger partial charge >= 0.3 is 6.09 Å². The smallest absolute Gasteiger partial charge is 0.407 e. The minimum absolute atomic E-state index is 0.229. The van der Waals surface area contributed by atoms with Crippen molar-refractivity contribution in [1.82, 2.24) is 10.6 Å². The van der Waals surface area contributed by atoms with E-state index in [2.05, 4.69) is 37.7 Å². The maximum absolute atomic E-state index is 11.6. The van der Waals surface area contributed by atoms with E-state index >= 15 is 0 Å². The second-order valence-electron chi connectivity index (χ2n) is 6.26. The van der Waals surface area contributed by atoms with Gasteiger partial charge in [0.25, 0.3) is 0 Å². The summed E-state index contributed by atoms with van der Waals surface area (Å²) in [5.41, 5.74) is -0.445. The summed E-state index contributed by atoms with van der Waals surface area (Å²) in [7, 11) is 0. The second-order valence-corrected chi connectivity index (χ2v) is 7.53. The Morgan fingerprint density at radius 2 is 1.80 bits per heavy atom. The summed E-state index contributed by atoms with van der Waals surface area (Å²) in [6, 6.07) is 0.229. The third-order valence-corrected chi connectivity index (χ3v) is 5.03. The van der Waals surface area contributed by atoms with Crippen LogP contribution in [0.5, 0.6) is 0 Å². The molecule has 0 aromatic heterocycles. The number of hydrogen-bond acceptors (Lipinski definition) is 4. The van der Waals surface area contributed by atoms with E-state index in [1.807, 2.05) is 32.5 Å². The van der Waals surface area contributed by atoms with Gasteiger partial charge in [-0.2, -0.15) is 11.8 Å². The molecule has 0 spiro atoms. The van der Waals surface area contributed by atoms with Crippen LogP contribution in [0.4, 0.5) is 4.79 Å². The molecule has 0 bridgehead atoms. The number of carbonyl (C=O) groups excluding carboxylic acids is 1. The fourth-order valence-electron chi connectivity index (χ4n) is 1.84. The first kappa shape index (κ1) is 19.6. The quantitative estimate of drug-likeness (QED) is 0.721. The molecule has 0 aliphatic rings. The highest BCUT2D eigenvalue weighted by atomic mass is 32.2. The molecule has 1 unspecified atom stereocenters. The normalized spacial score (nSPS) is 13.9. The summed E-state index contributed by atoms with van der Waals surface area (Å²) < 4.78 is 5.51. The first-order valence-corrected chi connectivity index (χ1v) is 8.66. The van der Waals surface area contributed by atoms with Crippen LogP contribution in [0.1, 0.15) is 54.4 Å². The number of ether oxygens (including phenoxy) is 1. The van der Waals surface area contributed by atoms with Crippen LogP contribution in [0, 0.1) is 0 Å². The minimum Gasteiger partial charge on any atom is -0.444 e. The number of hydrogen-bond donors (Lipinski definition) is 2. The van der Waals surface area contributed by atoms with Crippen LogP contribution in [0.2, 0.25) is 0 Å². The Labute approximate surface area is 128 Å². The first-order chi connectivity index (χ1) is 9.18. The third kappa shape index (κ3) is 8.00. The summed E-state index contributed by atoms with van der Waals surface area (Å²) in [5.74, 6) is 0. The zero-order chi connectivity index (χ0) is 15.8. The molecule has 0 heterocycles.